The molecule has 18 heavy (non-hydrogen) atoms. The Hall–Kier alpha value is -1.24. The maximum absolute atomic E-state index is 12.0. The lowest BCUT2D eigenvalue weighted by Gasteiger charge is -2.26. The Morgan fingerprint density at radius 1 is 1.44 bits per heavy atom. The standard InChI is InChI=1S/C11H18N2O4S/c1-3-10-13(8(6-18-10)11(16)17)9(15)4-5-12-7(2)14/h8,10H,3-6H2,1-2H3,(H,12,14)(H,16,17). The van der Waals surface area contributed by atoms with E-state index >= 15 is 0 Å². The molecule has 0 aliphatic carbocycles. The molecule has 0 spiro atoms. The number of hydrogen-bond acceptors (Lipinski definition) is 4. The molecule has 2 N–H and O–H groups in total. The van der Waals surface area contributed by atoms with Gasteiger partial charge in [0.1, 0.15) is 6.04 Å². The molecule has 0 saturated carbocycles. The van der Waals surface area contributed by atoms with Gasteiger partial charge in [0.05, 0.1) is 5.37 Å². The van der Waals surface area contributed by atoms with Crippen LogP contribution in [0.5, 0.6) is 0 Å². The predicted molar refractivity (Wildman–Crippen MR) is 68.1 cm³/mol. The van der Waals surface area contributed by atoms with E-state index in [1.54, 1.807) is 0 Å². The van der Waals surface area contributed by atoms with Gasteiger partial charge >= 0.3 is 5.97 Å². The zero-order chi connectivity index (χ0) is 13.7. The normalized spacial score (nSPS) is 22.9. The minimum absolute atomic E-state index is 0.0732. The molecule has 0 aromatic heterocycles. The van der Waals surface area contributed by atoms with Crippen molar-refractivity contribution in [3.63, 3.8) is 0 Å². The monoisotopic (exact) mass is 274 g/mol. The number of nitrogens with zero attached hydrogens (tertiary/aromatic N) is 1. The number of carboxylic acid groups (broad SMARTS) is 1. The molecule has 1 saturated heterocycles. The fourth-order valence-electron chi connectivity index (χ4n) is 1.88. The first-order valence-electron chi connectivity index (χ1n) is 5.87. The smallest absolute Gasteiger partial charge is 0.327 e. The van der Waals surface area contributed by atoms with Crippen LogP contribution in [0.25, 0.3) is 0 Å². The minimum atomic E-state index is -0.966. The number of amides is 2. The molecule has 7 heteroatoms. The third-order valence-electron chi connectivity index (χ3n) is 2.73. The average molecular weight is 274 g/mol. The third-order valence-corrected chi connectivity index (χ3v) is 4.18. The Balaban J connectivity index is 2.60. The first-order valence-corrected chi connectivity index (χ1v) is 6.92. The number of aliphatic carboxylic acids is 1. The van der Waals surface area contributed by atoms with Crippen LogP contribution in [0, 0.1) is 0 Å². The van der Waals surface area contributed by atoms with E-state index < -0.39 is 12.0 Å². The summed E-state index contributed by atoms with van der Waals surface area (Å²) in [6.07, 6.45) is 0.862. The van der Waals surface area contributed by atoms with Crippen molar-refractivity contribution in [2.75, 3.05) is 12.3 Å². The predicted octanol–water partition coefficient (Wildman–Crippen LogP) is 0.277. The van der Waals surface area contributed by atoms with E-state index in [2.05, 4.69) is 5.32 Å². The van der Waals surface area contributed by atoms with Crippen LogP contribution in [0.3, 0.4) is 0 Å². The van der Waals surface area contributed by atoms with E-state index in [9.17, 15) is 14.4 Å². The van der Waals surface area contributed by atoms with Crippen LogP contribution >= 0.6 is 11.8 Å². The molecule has 1 heterocycles. The van der Waals surface area contributed by atoms with Crippen molar-refractivity contribution >= 4 is 29.5 Å². The second kappa shape index (κ2) is 6.63. The van der Waals surface area contributed by atoms with E-state index in [1.165, 1.54) is 23.6 Å². The molecule has 2 amide bonds. The van der Waals surface area contributed by atoms with Crippen LogP contribution in [0.15, 0.2) is 0 Å². The number of carbonyl (C=O) groups is 3. The first-order chi connectivity index (χ1) is 8.47. The van der Waals surface area contributed by atoms with Crippen molar-refractivity contribution in [1.82, 2.24) is 10.2 Å². The summed E-state index contributed by atoms with van der Waals surface area (Å²) in [6.45, 7) is 3.55. The Bertz CT molecular complexity index is 348. The van der Waals surface area contributed by atoms with Gasteiger partial charge in [-0.05, 0) is 6.42 Å². The SMILES string of the molecule is CCC1SCC(C(=O)O)N1C(=O)CCNC(C)=O. The molecule has 0 bridgehead atoms. The molecule has 102 valence electrons. The number of carboxylic acids is 1. The van der Waals surface area contributed by atoms with Crippen LogP contribution in [-0.4, -0.2) is 51.5 Å². The van der Waals surface area contributed by atoms with E-state index in [0.717, 1.165) is 6.42 Å². The van der Waals surface area contributed by atoms with Crippen LogP contribution in [0.1, 0.15) is 26.7 Å². The molecule has 1 aliphatic rings. The summed E-state index contributed by atoms with van der Waals surface area (Å²) in [5, 5.41) is 11.5. The van der Waals surface area contributed by atoms with E-state index in [4.69, 9.17) is 5.11 Å². The molecular formula is C11H18N2O4S. The summed E-state index contributed by atoms with van der Waals surface area (Å²) in [5.74, 6) is -0.945. The van der Waals surface area contributed by atoms with Crippen molar-refractivity contribution in [1.29, 1.82) is 0 Å². The second-order valence-electron chi connectivity index (χ2n) is 4.08. The summed E-state index contributed by atoms with van der Waals surface area (Å²) in [4.78, 5) is 35.2. The van der Waals surface area contributed by atoms with Crippen molar-refractivity contribution in [3.8, 4) is 0 Å². The summed E-state index contributed by atoms with van der Waals surface area (Å²) >= 11 is 1.49. The molecule has 0 radical (unpaired) electrons. The molecule has 2 unspecified atom stereocenters. The molecule has 0 aromatic rings. The highest BCUT2D eigenvalue weighted by Crippen LogP contribution is 2.31. The number of nitrogens with one attached hydrogen (secondary N) is 1. The molecule has 1 aliphatic heterocycles. The van der Waals surface area contributed by atoms with Crippen LogP contribution in [0.4, 0.5) is 0 Å². The summed E-state index contributed by atoms with van der Waals surface area (Å²) in [7, 11) is 0. The number of hydrogen-bond donors (Lipinski definition) is 2. The fourth-order valence-corrected chi connectivity index (χ4v) is 3.25. The number of rotatable bonds is 5. The van der Waals surface area contributed by atoms with Crippen LogP contribution in [-0.2, 0) is 14.4 Å². The summed E-state index contributed by atoms with van der Waals surface area (Å²) < 4.78 is 0. The van der Waals surface area contributed by atoms with E-state index in [0.29, 0.717) is 5.75 Å². The Kier molecular flexibility index (Phi) is 5.46. The van der Waals surface area contributed by atoms with Gasteiger partial charge in [-0.3, -0.25) is 9.59 Å². The number of carbonyl (C=O) groups excluding carboxylic acids is 2. The topological polar surface area (TPSA) is 86.7 Å². The Morgan fingerprint density at radius 3 is 2.61 bits per heavy atom. The lowest BCUT2D eigenvalue weighted by atomic mass is 10.2. The molecule has 0 aromatic carbocycles. The lowest BCUT2D eigenvalue weighted by molar-refractivity contribution is -0.149. The first kappa shape index (κ1) is 14.8. The van der Waals surface area contributed by atoms with E-state index in [1.807, 2.05) is 6.92 Å². The van der Waals surface area contributed by atoms with Gasteiger partial charge in [0.25, 0.3) is 0 Å². The largest absolute Gasteiger partial charge is 0.480 e. The highest BCUT2D eigenvalue weighted by Gasteiger charge is 2.40. The fraction of sp³-hybridized carbons (Fsp3) is 0.727. The van der Waals surface area contributed by atoms with Crippen LogP contribution < -0.4 is 5.32 Å². The van der Waals surface area contributed by atoms with Gasteiger partial charge in [-0.2, -0.15) is 0 Å². The second-order valence-corrected chi connectivity index (χ2v) is 5.30. The minimum Gasteiger partial charge on any atom is -0.480 e. The summed E-state index contributed by atoms with van der Waals surface area (Å²) in [5.41, 5.74) is 0. The van der Waals surface area contributed by atoms with Gasteiger partial charge in [-0.15, -0.1) is 11.8 Å². The Morgan fingerprint density at radius 2 is 2.11 bits per heavy atom. The third kappa shape index (κ3) is 3.63. The lowest BCUT2D eigenvalue weighted by Crippen LogP contribution is -2.46. The van der Waals surface area contributed by atoms with Gasteiger partial charge in [0.2, 0.25) is 11.8 Å². The molecule has 6 nitrogen and oxygen atoms in total. The van der Waals surface area contributed by atoms with Gasteiger partial charge in [-0.1, -0.05) is 6.92 Å². The van der Waals surface area contributed by atoms with E-state index in [-0.39, 0.29) is 30.2 Å². The van der Waals surface area contributed by atoms with Gasteiger partial charge in [0.15, 0.2) is 0 Å². The molecular weight excluding hydrogens is 256 g/mol. The maximum atomic E-state index is 12.0. The van der Waals surface area contributed by atoms with Crippen molar-refractivity contribution in [2.24, 2.45) is 0 Å². The van der Waals surface area contributed by atoms with Gasteiger partial charge in [-0.25, -0.2) is 4.79 Å². The molecule has 2 atom stereocenters. The molecule has 1 fully saturated rings. The summed E-state index contributed by atoms with van der Waals surface area (Å²) in [6, 6.07) is -0.746. The average Bonchev–Trinajstić information content (AvgIpc) is 2.71. The molecule has 1 rings (SSSR count). The highest BCUT2D eigenvalue weighted by molar-refractivity contribution is 8.00. The number of thioether (sulfide) groups is 1. The Labute approximate surface area is 110 Å². The van der Waals surface area contributed by atoms with Crippen molar-refractivity contribution < 1.29 is 19.5 Å². The zero-order valence-electron chi connectivity index (χ0n) is 10.5. The quantitative estimate of drug-likeness (QED) is 0.752. The maximum Gasteiger partial charge on any atom is 0.327 e. The highest BCUT2D eigenvalue weighted by atomic mass is 32.2. The zero-order valence-corrected chi connectivity index (χ0v) is 11.3. The van der Waals surface area contributed by atoms with Crippen LogP contribution in [0.2, 0.25) is 0 Å². The van der Waals surface area contributed by atoms with Crippen molar-refractivity contribution in [2.45, 2.75) is 38.1 Å². The van der Waals surface area contributed by atoms with Gasteiger partial charge < -0.3 is 15.3 Å². The van der Waals surface area contributed by atoms with Gasteiger partial charge in [0, 0.05) is 25.6 Å². The van der Waals surface area contributed by atoms with Crippen molar-refractivity contribution in [3.05, 3.63) is 0 Å².